The minimum absolute atomic E-state index is 0.0737. The Labute approximate surface area is 154 Å². The van der Waals surface area contributed by atoms with Crippen LogP contribution in [0.5, 0.6) is 5.75 Å². The maximum atomic E-state index is 13.2. The summed E-state index contributed by atoms with van der Waals surface area (Å²) in [6.45, 7) is 3.48. The molecular weight excluding hydrogens is 354 g/mol. The molecule has 0 N–H and O–H groups in total. The van der Waals surface area contributed by atoms with Gasteiger partial charge in [0.15, 0.2) is 0 Å². The van der Waals surface area contributed by atoms with E-state index in [1.165, 1.54) is 24.5 Å². The lowest BCUT2D eigenvalue weighted by Crippen LogP contribution is -2.30. The van der Waals surface area contributed by atoms with Crippen molar-refractivity contribution in [1.82, 2.24) is 4.31 Å². The first kappa shape index (κ1) is 19.9. The second-order valence-corrected chi connectivity index (χ2v) is 7.88. The maximum Gasteiger partial charge on any atom is 0.337 e. The molecule has 0 heterocycles. The smallest absolute Gasteiger partial charge is 0.337 e. The third-order valence-corrected chi connectivity index (χ3v) is 6.47. The number of sulfonamides is 1. The predicted octanol–water partition coefficient (Wildman–Crippen LogP) is 3.17. The van der Waals surface area contributed by atoms with E-state index in [0.717, 1.165) is 5.56 Å². The zero-order valence-electron chi connectivity index (χ0n) is 15.5. The number of carbonyl (C=O) groups is 1. The topological polar surface area (TPSA) is 72.9 Å². The van der Waals surface area contributed by atoms with Gasteiger partial charge in [-0.1, -0.05) is 24.3 Å². The highest BCUT2D eigenvalue weighted by Crippen LogP contribution is 2.32. The summed E-state index contributed by atoms with van der Waals surface area (Å²) >= 11 is 0. The first-order valence-electron chi connectivity index (χ1n) is 8.04. The predicted molar refractivity (Wildman–Crippen MR) is 98.9 cm³/mol. The third-order valence-electron chi connectivity index (χ3n) is 4.40. The molecule has 0 saturated carbocycles. The van der Waals surface area contributed by atoms with Gasteiger partial charge in [-0.05, 0) is 37.6 Å². The van der Waals surface area contributed by atoms with Gasteiger partial charge in [-0.15, -0.1) is 0 Å². The maximum absolute atomic E-state index is 13.2. The summed E-state index contributed by atoms with van der Waals surface area (Å²) in [7, 11) is 0.476. The minimum Gasteiger partial charge on any atom is -0.496 e. The van der Waals surface area contributed by atoms with Gasteiger partial charge in [0.2, 0.25) is 10.0 Å². The van der Waals surface area contributed by atoms with Crippen LogP contribution in [0.4, 0.5) is 0 Å². The number of benzene rings is 2. The number of rotatable bonds is 6. The van der Waals surface area contributed by atoms with Crippen molar-refractivity contribution in [3.05, 3.63) is 59.2 Å². The largest absolute Gasteiger partial charge is 0.496 e. The van der Waals surface area contributed by atoms with Crippen LogP contribution in [0.1, 0.15) is 34.5 Å². The molecule has 1 atom stereocenters. The normalized spacial score (nSPS) is 12.7. The van der Waals surface area contributed by atoms with E-state index in [1.807, 2.05) is 18.2 Å². The van der Waals surface area contributed by atoms with Gasteiger partial charge < -0.3 is 9.47 Å². The first-order chi connectivity index (χ1) is 12.2. The van der Waals surface area contributed by atoms with E-state index in [0.29, 0.717) is 11.3 Å². The Kier molecular flexibility index (Phi) is 6.05. The number of nitrogens with zero attached hydrogens (tertiary/aromatic N) is 1. The number of aryl methyl sites for hydroxylation is 1. The van der Waals surface area contributed by atoms with Crippen molar-refractivity contribution in [3.63, 3.8) is 0 Å². The lowest BCUT2D eigenvalue weighted by atomic mass is 10.1. The van der Waals surface area contributed by atoms with Gasteiger partial charge in [-0.2, -0.15) is 4.31 Å². The van der Waals surface area contributed by atoms with E-state index in [4.69, 9.17) is 4.74 Å². The summed E-state index contributed by atoms with van der Waals surface area (Å²) < 4.78 is 37.6. The molecular formula is C19H23NO5S. The Morgan fingerprint density at radius 1 is 1.12 bits per heavy atom. The van der Waals surface area contributed by atoms with E-state index in [-0.39, 0.29) is 10.5 Å². The van der Waals surface area contributed by atoms with Crippen molar-refractivity contribution in [2.45, 2.75) is 24.8 Å². The van der Waals surface area contributed by atoms with Crippen LogP contribution in [0.15, 0.2) is 47.4 Å². The molecule has 0 fully saturated rings. The number of carbonyl (C=O) groups excluding carboxylic acids is 1. The highest BCUT2D eigenvalue weighted by atomic mass is 32.2. The Morgan fingerprint density at radius 2 is 1.77 bits per heavy atom. The fraction of sp³-hybridized carbons (Fsp3) is 0.316. The Balaban J connectivity index is 2.48. The molecule has 0 saturated heterocycles. The van der Waals surface area contributed by atoms with Gasteiger partial charge in [-0.3, -0.25) is 0 Å². The van der Waals surface area contributed by atoms with E-state index in [1.54, 1.807) is 39.2 Å². The van der Waals surface area contributed by atoms with Gasteiger partial charge in [-0.25, -0.2) is 13.2 Å². The van der Waals surface area contributed by atoms with Gasteiger partial charge >= 0.3 is 5.97 Å². The average Bonchev–Trinajstić information content (AvgIpc) is 2.66. The molecule has 0 spiro atoms. The lowest BCUT2D eigenvalue weighted by molar-refractivity contribution is 0.0600. The van der Waals surface area contributed by atoms with Gasteiger partial charge in [0.25, 0.3) is 0 Å². The number of para-hydroxylation sites is 1. The molecule has 6 nitrogen and oxygen atoms in total. The van der Waals surface area contributed by atoms with Crippen LogP contribution in [0, 0.1) is 6.92 Å². The summed E-state index contributed by atoms with van der Waals surface area (Å²) in [6, 6.07) is 11.3. The van der Waals surface area contributed by atoms with Crippen LogP contribution >= 0.6 is 0 Å². The Hall–Kier alpha value is -2.38. The van der Waals surface area contributed by atoms with Crippen molar-refractivity contribution in [1.29, 1.82) is 0 Å². The van der Waals surface area contributed by atoms with Gasteiger partial charge in [0.05, 0.1) is 30.7 Å². The van der Waals surface area contributed by atoms with Crippen molar-refractivity contribution < 1.29 is 22.7 Å². The molecule has 0 aromatic heterocycles. The van der Waals surface area contributed by atoms with Crippen LogP contribution in [0.2, 0.25) is 0 Å². The third kappa shape index (κ3) is 3.73. The van der Waals surface area contributed by atoms with Crippen LogP contribution < -0.4 is 4.74 Å². The fourth-order valence-electron chi connectivity index (χ4n) is 2.69. The van der Waals surface area contributed by atoms with E-state index < -0.39 is 22.0 Å². The van der Waals surface area contributed by atoms with Crippen LogP contribution in [0.3, 0.4) is 0 Å². The Bertz CT molecular complexity index is 908. The highest BCUT2D eigenvalue weighted by Gasteiger charge is 2.29. The molecule has 2 aromatic carbocycles. The summed E-state index contributed by atoms with van der Waals surface area (Å²) in [6.07, 6.45) is 0. The SMILES string of the molecule is COC(=O)c1ccc(C)c(S(=O)(=O)N(C)[C@@H](C)c2ccccc2OC)c1. The monoisotopic (exact) mass is 377 g/mol. The number of hydrogen-bond donors (Lipinski definition) is 0. The minimum atomic E-state index is -3.84. The summed E-state index contributed by atoms with van der Waals surface area (Å²) in [5.41, 5.74) is 1.50. The van der Waals surface area contributed by atoms with E-state index in [9.17, 15) is 13.2 Å². The molecule has 2 rings (SSSR count). The summed E-state index contributed by atoms with van der Waals surface area (Å²) in [4.78, 5) is 11.8. The molecule has 0 bridgehead atoms. The van der Waals surface area contributed by atoms with Crippen molar-refractivity contribution in [3.8, 4) is 5.75 Å². The standard InChI is InChI=1S/C19H23NO5S/c1-13-10-11-15(19(21)25-5)12-18(13)26(22,23)20(3)14(2)16-8-6-7-9-17(16)24-4/h6-12,14H,1-5H3/t14-/m0/s1. The number of hydrogen-bond acceptors (Lipinski definition) is 5. The fourth-order valence-corrected chi connectivity index (χ4v) is 4.28. The second kappa shape index (κ2) is 7.88. The van der Waals surface area contributed by atoms with Crippen molar-refractivity contribution in [2.24, 2.45) is 0 Å². The molecule has 7 heteroatoms. The quantitative estimate of drug-likeness (QED) is 0.723. The number of ether oxygens (including phenoxy) is 2. The van der Waals surface area contributed by atoms with Crippen LogP contribution in [-0.2, 0) is 14.8 Å². The number of methoxy groups -OCH3 is 2. The molecule has 0 aliphatic carbocycles. The van der Waals surface area contributed by atoms with E-state index >= 15 is 0 Å². The molecule has 140 valence electrons. The lowest BCUT2D eigenvalue weighted by Gasteiger charge is -2.26. The molecule has 0 amide bonds. The van der Waals surface area contributed by atoms with Crippen LogP contribution in [-0.4, -0.2) is 40.0 Å². The average molecular weight is 377 g/mol. The zero-order valence-corrected chi connectivity index (χ0v) is 16.3. The summed E-state index contributed by atoms with van der Waals surface area (Å²) in [5.74, 6) is 0.0314. The summed E-state index contributed by atoms with van der Waals surface area (Å²) in [5, 5.41) is 0. The van der Waals surface area contributed by atoms with Crippen molar-refractivity contribution in [2.75, 3.05) is 21.3 Å². The second-order valence-electron chi connectivity index (χ2n) is 5.91. The highest BCUT2D eigenvalue weighted by molar-refractivity contribution is 7.89. The van der Waals surface area contributed by atoms with Crippen molar-refractivity contribution >= 4 is 16.0 Å². The molecule has 0 aliphatic heterocycles. The van der Waals surface area contributed by atoms with E-state index in [2.05, 4.69) is 4.74 Å². The molecule has 0 radical (unpaired) electrons. The molecule has 0 unspecified atom stereocenters. The molecule has 26 heavy (non-hydrogen) atoms. The number of esters is 1. The zero-order chi connectivity index (χ0) is 19.5. The molecule has 2 aromatic rings. The van der Waals surface area contributed by atoms with Crippen LogP contribution in [0.25, 0.3) is 0 Å². The van der Waals surface area contributed by atoms with Gasteiger partial charge in [0.1, 0.15) is 5.75 Å². The first-order valence-corrected chi connectivity index (χ1v) is 9.48. The van der Waals surface area contributed by atoms with Gasteiger partial charge in [0, 0.05) is 12.6 Å². The molecule has 0 aliphatic rings. The Morgan fingerprint density at radius 3 is 2.38 bits per heavy atom.